The Morgan fingerprint density at radius 1 is 1.16 bits per heavy atom. The van der Waals surface area contributed by atoms with Gasteiger partial charge in [0.2, 0.25) is 0 Å². The molecule has 1 rings (SSSR count). The molecular weight excluding hydrogens is 296 g/mol. The highest BCUT2D eigenvalue weighted by atomic mass is 32.2. The predicted octanol–water partition coefficient (Wildman–Crippen LogP) is 1.29. The van der Waals surface area contributed by atoms with Gasteiger partial charge in [0, 0.05) is 6.07 Å². The predicted molar refractivity (Wildman–Crippen MR) is 53.0 cm³/mol. The summed E-state index contributed by atoms with van der Waals surface area (Å²) in [6.45, 7) is -0.936. The quantitative estimate of drug-likeness (QED) is 0.392. The number of rotatable bonds is 4. The van der Waals surface area contributed by atoms with Crippen LogP contribution in [0.3, 0.4) is 0 Å². The van der Waals surface area contributed by atoms with Crippen LogP contribution < -0.4 is 0 Å². The van der Waals surface area contributed by atoms with Crippen molar-refractivity contribution in [3.05, 3.63) is 34.9 Å². The second-order valence-electron chi connectivity index (χ2n) is 3.27. The number of ether oxygens (including phenoxy) is 1. The molecule has 0 aromatic heterocycles. The second kappa shape index (κ2) is 5.53. The van der Waals surface area contributed by atoms with Crippen LogP contribution in [0.25, 0.3) is 0 Å². The molecule has 0 fully saturated rings. The molecule has 0 amide bonds. The SMILES string of the molecule is O=C(OCCS(=O)(=O)O)c1c(F)c(F)cc(F)c1F. The van der Waals surface area contributed by atoms with Crippen LogP contribution in [0.15, 0.2) is 6.07 Å². The molecule has 1 aromatic carbocycles. The minimum absolute atomic E-state index is 0.0976. The Hall–Kier alpha value is -1.68. The zero-order chi connectivity index (χ0) is 14.8. The molecule has 1 N–H and O–H groups in total. The Labute approximate surface area is 104 Å². The first-order chi connectivity index (χ1) is 8.63. The summed E-state index contributed by atoms with van der Waals surface area (Å²) in [6.07, 6.45) is 0. The fourth-order valence-corrected chi connectivity index (χ4v) is 1.36. The molecule has 0 unspecified atom stereocenters. The smallest absolute Gasteiger partial charge is 0.344 e. The zero-order valence-corrected chi connectivity index (χ0v) is 9.81. The van der Waals surface area contributed by atoms with E-state index in [2.05, 4.69) is 4.74 Å². The van der Waals surface area contributed by atoms with Gasteiger partial charge in [0.15, 0.2) is 23.3 Å². The Balaban J connectivity index is 2.95. The van der Waals surface area contributed by atoms with Gasteiger partial charge in [-0.15, -0.1) is 0 Å². The highest BCUT2D eigenvalue weighted by Crippen LogP contribution is 2.20. The Kier molecular flexibility index (Phi) is 4.48. The number of esters is 1. The molecule has 0 aliphatic rings. The third kappa shape index (κ3) is 3.89. The first-order valence-electron chi connectivity index (χ1n) is 4.58. The number of carbonyl (C=O) groups is 1. The van der Waals surface area contributed by atoms with Crippen LogP contribution in [0, 0.1) is 23.3 Å². The fourth-order valence-electron chi connectivity index (χ4n) is 1.06. The largest absolute Gasteiger partial charge is 0.461 e. The average molecular weight is 302 g/mol. The summed E-state index contributed by atoms with van der Waals surface area (Å²) in [5, 5.41) is 0. The Bertz CT molecular complexity index is 587. The van der Waals surface area contributed by atoms with E-state index in [9.17, 15) is 30.8 Å². The lowest BCUT2D eigenvalue weighted by molar-refractivity contribution is 0.0514. The van der Waals surface area contributed by atoms with Crippen molar-refractivity contribution in [2.75, 3.05) is 12.4 Å². The van der Waals surface area contributed by atoms with Gasteiger partial charge in [-0.25, -0.2) is 22.4 Å². The number of hydrogen-bond donors (Lipinski definition) is 1. The number of carbonyl (C=O) groups excluding carboxylic acids is 1. The lowest BCUT2D eigenvalue weighted by atomic mass is 10.2. The summed E-state index contributed by atoms with van der Waals surface area (Å²) < 4.78 is 84.7. The van der Waals surface area contributed by atoms with Crippen molar-refractivity contribution in [2.45, 2.75) is 0 Å². The molecule has 0 atom stereocenters. The fraction of sp³-hybridized carbons (Fsp3) is 0.222. The molecular formula is C9H6F4O5S. The monoisotopic (exact) mass is 302 g/mol. The summed E-state index contributed by atoms with van der Waals surface area (Å²) in [5.41, 5.74) is -1.62. The minimum Gasteiger partial charge on any atom is -0.461 e. The van der Waals surface area contributed by atoms with E-state index in [1.165, 1.54) is 0 Å². The summed E-state index contributed by atoms with van der Waals surface area (Å²) in [5.74, 6) is -10.4. The van der Waals surface area contributed by atoms with Gasteiger partial charge < -0.3 is 4.74 Å². The molecule has 0 bridgehead atoms. The van der Waals surface area contributed by atoms with E-state index in [-0.39, 0.29) is 6.07 Å². The van der Waals surface area contributed by atoms with E-state index in [0.29, 0.717) is 0 Å². The zero-order valence-electron chi connectivity index (χ0n) is 8.99. The summed E-state index contributed by atoms with van der Waals surface area (Å²) in [4.78, 5) is 11.2. The van der Waals surface area contributed by atoms with Crippen LogP contribution in [0.5, 0.6) is 0 Å². The van der Waals surface area contributed by atoms with E-state index < -0.39 is 57.3 Å². The molecule has 0 saturated heterocycles. The van der Waals surface area contributed by atoms with Crippen molar-refractivity contribution in [1.29, 1.82) is 0 Å². The van der Waals surface area contributed by atoms with Gasteiger partial charge in [-0.1, -0.05) is 0 Å². The standard InChI is InChI=1S/C9H6F4O5S/c10-4-3-5(11)8(13)6(7(4)12)9(14)18-1-2-19(15,16)17/h3H,1-2H2,(H,15,16,17). The maximum atomic E-state index is 13.1. The third-order valence-electron chi connectivity index (χ3n) is 1.89. The molecule has 0 aliphatic heterocycles. The van der Waals surface area contributed by atoms with E-state index in [4.69, 9.17) is 4.55 Å². The molecule has 5 nitrogen and oxygen atoms in total. The van der Waals surface area contributed by atoms with Gasteiger partial charge in [0.1, 0.15) is 17.9 Å². The maximum Gasteiger partial charge on any atom is 0.344 e. The van der Waals surface area contributed by atoms with Crippen LogP contribution in [0.2, 0.25) is 0 Å². The van der Waals surface area contributed by atoms with Crippen molar-refractivity contribution in [1.82, 2.24) is 0 Å². The molecule has 0 heterocycles. The van der Waals surface area contributed by atoms with Crippen LogP contribution >= 0.6 is 0 Å². The van der Waals surface area contributed by atoms with Crippen LogP contribution in [-0.4, -0.2) is 31.3 Å². The molecule has 0 aliphatic carbocycles. The number of hydrogen-bond acceptors (Lipinski definition) is 4. The van der Waals surface area contributed by atoms with Gasteiger partial charge in [0.25, 0.3) is 10.1 Å². The van der Waals surface area contributed by atoms with Crippen molar-refractivity contribution in [2.24, 2.45) is 0 Å². The van der Waals surface area contributed by atoms with Crippen molar-refractivity contribution < 1.29 is 40.1 Å². The van der Waals surface area contributed by atoms with Crippen molar-refractivity contribution >= 4 is 16.1 Å². The van der Waals surface area contributed by atoms with Crippen LogP contribution in [-0.2, 0) is 14.9 Å². The van der Waals surface area contributed by atoms with E-state index >= 15 is 0 Å². The van der Waals surface area contributed by atoms with E-state index in [1.54, 1.807) is 0 Å². The Morgan fingerprint density at radius 2 is 1.63 bits per heavy atom. The maximum absolute atomic E-state index is 13.1. The van der Waals surface area contributed by atoms with Gasteiger partial charge >= 0.3 is 5.97 Å². The molecule has 10 heteroatoms. The lowest BCUT2D eigenvalue weighted by Crippen LogP contribution is -2.18. The first kappa shape index (κ1) is 15.4. The van der Waals surface area contributed by atoms with Crippen LogP contribution in [0.1, 0.15) is 10.4 Å². The molecule has 19 heavy (non-hydrogen) atoms. The second-order valence-corrected chi connectivity index (χ2v) is 4.84. The van der Waals surface area contributed by atoms with Gasteiger partial charge in [0.05, 0.1) is 0 Å². The van der Waals surface area contributed by atoms with E-state index in [1.807, 2.05) is 0 Å². The lowest BCUT2D eigenvalue weighted by Gasteiger charge is -2.07. The topological polar surface area (TPSA) is 80.7 Å². The molecule has 0 spiro atoms. The first-order valence-corrected chi connectivity index (χ1v) is 6.19. The minimum atomic E-state index is -4.45. The van der Waals surface area contributed by atoms with Gasteiger partial charge in [-0.05, 0) is 0 Å². The molecule has 1 aromatic rings. The van der Waals surface area contributed by atoms with Crippen molar-refractivity contribution in [3.63, 3.8) is 0 Å². The molecule has 0 radical (unpaired) electrons. The third-order valence-corrected chi connectivity index (χ3v) is 2.57. The van der Waals surface area contributed by atoms with Gasteiger partial charge in [-0.2, -0.15) is 8.42 Å². The highest BCUT2D eigenvalue weighted by molar-refractivity contribution is 7.85. The Morgan fingerprint density at radius 3 is 2.05 bits per heavy atom. The summed E-state index contributed by atoms with van der Waals surface area (Å²) >= 11 is 0. The molecule has 0 saturated carbocycles. The summed E-state index contributed by atoms with van der Waals surface area (Å²) in [7, 11) is -4.45. The number of benzene rings is 1. The van der Waals surface area contributed by atoms with Crippen LogP contribution in [0.4, 0.5) is 17.6 Å². The molecule has 106 valence electrons. The normalized spacial score (nSPS) is 11.4. The van der Waals surface area contributed by atoms with E-state index in [0.717, 1.165) is 0 Å². The van der Waals surface area contributed by atoms with Gasteiger partial charge in [-0.3, -0.25) is 4.55 Å². The summed E-state index contributed by atoms with van der Waals surface area (Å²) in [6, 6.07) is -0.0976. The highest BCUT2D eigenvalue weighted by Gasteiger charge is 2.26. The number of halogens is 4. The van der Waals surface area contributed by atoms with Crippen molar-refractivity contribution in [3.8, 4) is 0 Å². The average Bonchev–Trinajstić information content (AvgIpc) is 2.25.